The summed E-state index contributed by atoms with van der Waals surface area (Å²) in [5, 5.41) is 0.707. The van der Waals surface area contributed by atoms with E-state index in [1.165, 1.54) is 25.1 Å². The Bertz CT molecular complexity index is 930. The SMILES string of the molecule is COc1cc(N2CCN3CCCC3C2)cc2c1C(=O)N(Cc1ccc(Cl)cc1)C2. The molecule has 0 saturated carbocycles. The maximum Gasteiger partial charge on any atom is 0.258 e. The summed E-state index contributed by atoms with van der Waals surface area (Å²) in [4.78, 5) is 20.0. The average Bonchev–Trinajstić information content (AvgIpc) is 3.33. The highest BCUT2D eigenvalue weighted by atomic mass is 35.5. The number of carbonyl (C=O) groups is 1. The smallest absolute Gasteiger partial charge is 0.258 e. The van der Waals surface area contributed by atoms with Gasteiger partial charge in [-0.3, -0.25) is 9.69 Å². The fourth-order valence-electron chi connectivity index (χ4n) is 4.97. The van der Waals surface area contributed by atoms with Crippen LogP contribution in [0.15, 0.2) is 36.4 Å². The predicted octanol–water partition coefficient (Wildman–Crippen LogP) is 3.79. The molecular weight excluding hydrogens is 386 g/mol. The molecule has 152 valence electrons. The molecule has 3 aliphatic rings. The zero-order valence-corrected chi connectivity index (χ0v) is 17.5. The van der Waals surface area contributed by atoms with E-state index in [0.717, 1.165) is 30.8 Å². The van der Waals surface area contributed by atoms with Crippen molar-refractivity contribution in [1.29, 1.82) is 0 Å². The second-order valence-corrected chi connectivity index (χ2v) is 8.68. The van der Waals surface area contributed by atoms with Crippen LogP contribution < -0.4 is 9.64 Å². The maximum absolute atomic E-state index is 13.1. The van der Waals surface area contributed by atoms with Crippen LogP contribution in [0.3, 0.4) is 0 Å². The number of hydrogen-bond acceptors (Lipinski definition) is 4. The van der Waals surface area contributed by atoms with Crippen LogP contribution in [-0.4, -0.2) is 55.0 Å². The minimum atomic E-state index is 0.0407. The van der Waals surface area contributed by atoms with Gasteiger partial charge in [0.1, 0.15) is 5.75 Å². The van der Waals surface area contributed by atoms with Crippen LogP contribution in [0.25, 0.3) is 0 Å². The van der Waals surface area contributed by atoms with Crippen molar-refractivity contribution < 1.29 is 9.53 Å². The summed E-state index contributed by atoms with van der Waals surface area (Å²) in [5.74, 6) is 0.730. The molecule has 0 radical (unpaired) electrons. The summed E-state index contributed by atoms with van der Waals surface area (Å²) < 4.78 is 5.66. The molecule has 0 N–H and O–H groups in total. The van der Waals surface area contributed by atoms with Crippen LogP contribution in [0.1, 0.15) is 34.3 Å². The number of amides is 1. The van der Waals surface area contributed by atoms with Gasteiger partial charge in [0.15, 0.2) is 0 Å². The molecule has 2 saturated heterocycles. The molecule has 3 heterocycles. The predicted molar refractivity (Wildman–Crippen MR) is 115 cm³/mol. The van der Waals surface area contributed by atoms with Gasteiger partial charge in [0.2, 0.25) is 0 Å². The van der Waals surface area contributed by atoms with E-state index in [-0.39, 0.29) is 5.91 Å². The van der Waals surface area contributed by atoms with E-state index in [4.69, 9.17) is 16.3 Å². The van der Waals surface area contributed by atoms with E-state index in [0.29, 0.717) is 35.5 Å². The Morgan fingerprint density at radius 2 is 1.97 bits per heavy atom. The first kappa shape index (κ1) is 18.8. The van der Waals surface area contributed by atoms with Gasteiger partial charge in [0.05, 0.1) is 12.7 Å². The number of anilines is 1. The lowest BCUT2D eigenvalue weighted by Gasteiger charge is -2.39. The number of ether oxygens (including phenoxy) is 1. The lowest BCUT2D eigenvalue weighted by Crippen LogP contribution is -2.50. The Balaban J connectivity index is 1.39. The molecule has 29 heavy (non-hydrogen) atoms. The molecule has 2 fully saturated rings. The molecular formula is C23H26ClN3O2. The monoisotopic (exact) mass is 411 g/mol. The first-order valence-corrected chi connectivity index (χ1v) is 10.7. The molecule has 1 amide bonds. The summed E-state index contributed by atoms with van der Waals surface area (Å²) in [5.41, 5.74) is 4.03. The zero-order chi connectivity index (χ0) is 20.0. The van der Waals surface area contributed by atoms with Gasteiger partial charge < -0.3 is 14.5 Å². The molecule has 1 atom stereocenters. The number of benzene rings is 2. The summed E-state index contributed by atoms with van der Waals surface area (Å²) in [7, 11) is 1.66. The van der Waals surface area contributed by atoms with Crippen molar-refractivity contribution in [1.82, 2.24) is 9.80 Å². The lowest BCUT2D eigenvalue weighted by atomic mass is 10.1. The summed E-state index contributed by atoms with van der Waals surface area (Å²) in [6.45, 7) is 5.63. The molecule has 0 aliphatic carbocycles. The topological polar surface area (TPSA) is 36.0 Å². The van der Waals surface area contributed by atoms with Gasteiger partial charge in [0.25, 0.3) is 5.91 Å². The summed E-state index contributed by atoms with van der Waals surface area (Å²) in [6, 6.07) is 12.6. The van der Waals surface area contributed by atoms with Gasteiger partial charge in [-0.05, 0) is 48.7 Å². The Kier molecular flexibility index (Phi) is 4.88. The second-order valence-electron chi connectivity index (χ2n) is 8.25. The van der Waals surface area contributed by atoms with Crippen molar-refractivity contribution in [2.75, 3.05) is 38.2 Å². The third-order valence-electron chi connectivity index (χ3n) is 6.49. The molecule has 0 bridgehead atoms. The number of methoxy groups -OCH3 is 1. The van der Waals surface area contributed by atoms with Crippen LogP contribution in [0.4, 0.5) is 5.69 Å². The Morgan fingerprint density at radius 1 is 1.14 bits per heavy atom. The van der Waals surface area contributed by atoms with Crippen LogP contribution in [-0.2, 0) is 13.1 Å². The third-order valence-corrected chi connectivity index (χ3v) is 6.74. The highest BCUT2D eigenvalue weighted by Gasteiger charge is 2.34. The number of piperazine rings is 1. The Hall–Kier alpha value is -2.24. The number of halogens is 1. The van der Waals surface area contributed by atoms with Gasteiger partial charge in [0, 0.05) is 55.5 Å². The van der Waals surface area contributed by atoms with Crippen LogP contribution in [0.5, 0.6) is 5.75 Å². The maximum atomic E-state index is 13.1. The molecule has 6 heteroatoms. The number of fused-ring (bicyclic) bond motifs is 2. The Morgan fingerprint density at radius 3 is 2.76 bits per heavy atom. The van der Waals surface area contributed by atoms with Gasteiger partial charge in [-0.25, -0.2) is 0 Å². The first-order valence-electron chi connectivity index (χ1n) is 10.4. The van der Waals surface area contributed by atoms with Gasteiger partial charge >= 0.3 is 0 Å². The van der Waals surface area contributed by atoms with Gasteiger partial charge in [-0.15, -0.1) is 0 Å². The van der Waals surface area contributed by atoms with Crippen molar-refractivity contribution in [2.24, 2.45) is 0 Å². The normalized spacial score (nSPS) is 21.4. The molecule has 0 aromatic heterocycles. The molecule has 1 unspecified atom stereocenters. The highest BCUT2D eigenvalue weighted by Crippen LogP contribution is 2.37. The number of rotatable bonds is 4. The molecule has 2 aromatic rings. The quantitative estimate of drug-likeness (QED) is 0.766. The van der Waals surface area contributed by atoms with E-state index in [2.05, 4.69) is 15.9 Å². The van der Waals surface area contributed by atoms with E-state index in [1.807, 2.05) is 35.2 Å². The van der Waals surface area contributed by atoms with Crippen molar-refractivity contribution in [2.45, 2.75) is 32.0 Å². The Labute approximate surface area is 176 Å². The molecule has 5 rings (SSSR count). The van der Waals surface area contributed by atoms with Crippen molar-refractivity contribution in [3.8, 4) is 5.75 Å². The van der Waals surface area contributed by atoms with Crippen molar-refractivity contribution in [3.05, 3.63) is 58.1 Å². The summed E-state index contributed by atoms with van der Waals surface area (Å²) in [6.07, 6.45) is 2.59. The fourth-order valence-corrected chi connectivity index (χ4v) is 5.09. The lowest BCUT2D eigenvalue weighted by molar-refractivity contribution is 0.0764. The van der Waals surface area contributed by atoms with Crippen LogP contribution in [0.2, 0.25) is 5.02 Å². The number of nitrogens with zero attached hydrogens (tertiary/aromatic N) is 3. The van der Waals surface area contributed by atoms with Crippen LogP contribution in [0, 0.1) is 0 Å². The van der Waals surface area contributed by atoms with Gasteiger partial charge in [-0.2, -0.15) is 0 Å². The van der Waals surface area contributed by atoms with E-state index in [9.17, 15) is 4.79 Å². The minimum absolute atomic E-state index is 0.0407. The standard InChI is InChI=1S/C23H26ClN3O2/c1-29-21-12-20(26-10-9-25-8-2-3-19(25)15-26)11-17-14-27(23(28)22(17)21)13-16-4-6-18(24)7-5-16/h4-7,11-12,19H,2-3,8-10,13-15H2,1H3. The average molecular weight is 412 g/mol. The number of hydrogen-bond donors (Lipinski definition) is 0. The highest BCUT2D eigenvalue weighted by molar-refractivity contribution is 6.30. The van der Waals surface area contributed by atoms with Crippen molar-refractivity contribution in [3.63, 3.8) is 0 Å². The van der Waals surface area contributed by atoms with Crippen LogP contribution >= 0.6 is 11.6 Å². The summed E-state index contributed by atoms with van der Waals surface area (Å²) >= 11 is 5.99. The zero-order valence-electron chi connectivity index (χ0n) is 16.7. The molecule has 2 aromatic carbocycles. The first-order chi connectivity index (χ1) is 14.1. The largest absolute Gasteiger partial charge is 0.496 e. The van der Waals surface area contributed by atoms with E-state index < -0.39 is 0 Å². The molecule has 0 spiro atoms. The third kappa shape index (κ3) is 3.47. The van der Waals surface area contributed by atoms with Gasteiger partial charge in [-0.1, -0.05) is 23.7 Å². The molecule has 5 nitrogen and oxygen atoms in total. The van der Waals surface area contributed by atoms with E-state index >= 15 is 0 Å². The number of carbonyl (C=O) groups excluding carboxylic acids is 1. The fraction of sp³-hybridized carbons (Fsp3) is 0.435. The van der Waals surface area contributed by atoms with E-state index in [1.54, 1.807) is 7.11 Å². The second kappa shape index (κ2) is 7.54. The van der Waals surface area contributed by atoms with Crippen molar-refractivity contribution >= 4 is 23.2 Å². The molecule has 3 aliphatic heterocycles. The minimum Gasteiger partial charge on any atom is -0.496 e.